The lowest BCUT2D eigenvalue weighted by Gasteiger charge is -2.33. The molecule has 0 amide bonds. The molecule has 1 aliphatic rings. The van der Waals surface area contributed by atoms with Crippen LogP contribution in [0.3, 0.4) is 0 Å². The van der Waals surface area contributed by atoms with Crippen molar-refractivity contribution in [1.29, 1.82) is 0 Å². The highest BCUT2D eigenvalue weighted by molar-refractivity contribution is 5.17. The van der Waals surface area contributed by atoms with Gasteiger partial charge in [0.05, 0.1) is 19.8 Å². The Hall–Kier alpha value is -0.660. The summed E-state index contributed by atoms with van der Waals surface area (Å²) in [5, 5.41) is 28.5. The molecule has 6 heteroatoms. The van der Waals surface area contributed by atoms with Gasteiger partial charge in [-0.25, -0.2) is 0 Å². The lowest BCUT2D eigenvalue weighted by Crippen LogP contribution is -2.44. The molecule has 1 rings (SSSR count). The van der Waals surface area contributed by atoms with Crippen LogP contribution in [-0.4, -0.2) is 60.2 Å². The molecule has 0 aromatic heterocycles. The van der Waals surface area contributed by atoms with Crippen molar-refractivity contribution in [1.82, 2.24) is 0 Å². The van der Waals surface area contributed by atoms with E-state index >= 15 is 0 Å². The molecular formula is C12H22O6. The van der Waals surface area contributed by atoms with E-state index in [1.165, 1.54) is 0 Å². The fraction of sp³-hybridized carbons (Fsp3) is 0.833. The van der Waals surface area contributed by atoms with Gasteiger partial charge < -0.3 is 29.5 Å². The molecule has 0 radical (unpaired) electrons. The molecule has 3 atom stereocenters. The van der Waals surface area contributed by atoms with Gasteiger partial charge in [0.15, 0.2) is 6.29 Å². The Kier molecular flexibility index (Phi) is 6.59. The third-order valence-corrected chi connectivity index (χ3v) is 2.73. The maximum atomic E-state index is 9.83. The van der Waals surface area contributed by atoms with Gasteiger partial charge in [0, 0.05) is 12.2 Å². The molecule has 0 saturated heterocycles. The number of hydrogen-bond donors (Lipinski definition) is 3. The Morgan fingerprint density at radius 1 is 1.28 bits per heavy atom. The fourth-order valence-electron chi connectivity index (χ4n) is 1.64. The van der Waals surface area contributed by atoms with Crippen molar-refractivity contribution >= 4 is 0 Å². The molecule has 0 aromatic rings. The summed E-state index contributed by atoms with van der Waals surface area (Å²) in [7, 11) is 0. The summed E-state index contributed by atoms with van der Waals surface area (Å²) >= 11 is 0. The molecular weight excluding hydrogens is 240 g/mol. The second-order valence-electron chi connectivity index (χ2n) is 4.17. The standard InChI is InChI=1S/C12H22O6/c1-3-4-16-5-6-17-12-11(15)8(2)10(14)9(7-13)18-12/h9,11-15H,3-7H2,1-2H3/t9-,11?,12?/m0/s1. The maximum Gasteiger partial charge on any atom is 0.188 e. The van der Waals surface area contributed by atoms with E-state index < -0.39 is 18.5 Å². The van der Waals surface area contributed by atoms with Crippen LogP contribution in [0.1, 0.15) is 20.3 Å². The number of hydrogen-bond acceptors (Lipinski definition) is 6. The normalized spacial score (nSPS) is 28.8. The summed E-state index contributed by atoms with van der Waals surface area (Å²) in [4.78, 5) is 0. The van der Waals surface area contributed by atoms with Gasteiger partial charge in [-0.15, -0.1) is 0 Å². The Bertz CT molecular complexity index is 278. The fourth-order valence-corrected chi connectivity index (χ4v) is 1.64. The van der Waals surface area contributed by atoms with Crippen molar-refractivity contribution in [3.63, 3.8) is 0 Å². The number of rotatable bonds is 7. The van der Waals surface area contributed by atoms with E-state index in [4.69, 9.17) is 19.3 Å². The summed E-state index contributed by atoms with van der Waals surface area (Å²) in [6.07, 6.45) is -1.82. The summed E-state index contributed by atoms with van der Waals surface area (Å²) in [6.45, 7) is 4.60. The Labute approximate surface area is 107 Å². The van der Waals surface area contributed by atoms with Crippen LogP contribution in [0.5, 0.6) is 0 Å². The van der Waals surface area contributed by atoms with Gasteiger partial charge in [-0.3, -0.25) is 0 Å². The first-order valence-electron chi connectivity index (χ1n) is 6.15. The number of aliphatic hydroxyl groups is 3. The van der Waals surface area contributed by atoms with Crippen LogP contribution in [0.15, 0.2) is 11.3 Å². The van der Waals surface area contributed by atoms with Crippen LogP contribution < -0.4 is 0 Å². The highest BCUT2D eigenvalue weighted by Crippen LogP contribution is 2.24. The van der Waals surface area contributed by atoms with Crippen LogP contribution in [0.4, 0.5) is 0 Å². The molecule has 0 saturated carbocycles. The predicted molar refractivity (Wildman–Crippen MR) is 64.1 cm³/mol. The minimum atomic E-state index is -1.03. The molecule has 106 valence electrons. The summed E-state index contributed by atoms with van der Waals surface area (Å²) in [5.74, 6) is -0.132. The predicted octanol–water partition coefficient (Wildman–Crippen LogP) is 0.340. The second kappa shape index (κ2) is 7.70. The van der Waals surface area contributed by atoms with Gasteiger partial charge in [-0.2, -0.15) is 0 Å². The van der Waals surface area contributed by atoms with E-state index in [1.807, 2.05) is 6.92 Å². The van der Waals surface area contributed by atoms with Crippen molar-refractivity contribution in [2.75, 3.05) is 26.4 Å². The van der Waals surface area contributed by atoms with Crippen LogP contribution >= 0.6 is 0 Å². The Morgan fingerprint density at radius 2 is 2.00 bits per heavy atom. The minimum absolute atomic E-state index is 0.132. The Morgan fingerprint density at radius 3 is 2.61 bits per heavy atom. The zero-order valence-electron chi connectivity index (χ0n) is 10.8. The zero-order valence-corrected chi connectivity index (χ0v) is 10.8. The quantitative estimate of drug-likeness (QED) is 0.573. The molecule has 0 fully saturated rings. The highest BCUT2D eigenvalue weighted by atomic mass is 16.7. The molecule has 2 unspecified atom stereocenters. The van der Waals surface area contributed by atoms with Crippen molar-refractivity contribution in [3.05, 3.63) is 11.3 Å². The molecule has 0 bridgehead atoms. The van der Waals surface area contributed by atoms with Gasteiger partial charge in [0.25, 0.3) is 0 Å². The van der Waals surface area contributed by atoms with E-state index in [2.05, 4.69) is 0 Å². The SMILES string of the molecule is CCCOCCOC1O[C@@H](CO)C(O)=C(C)C1O. The van der Waals surface area contributed by atoms with E-state index in [9.17, 15) is 10.2 Å². The van der Waals surface area contributed by atoms with E-state index in [0.29, 0.717) is 18.8 Å². The number of aliphatic hydroxyl groups excluding tert-OH is 3. The average Bonchev–Trinajstić information content (AvgIpc) is 2.38. The topological polar surface area (TPSA) is 88.4 Å². The van der Waals surface area contributed by atoms with E-state index in [1.54, 1.807) is 6.92 Å². The molecule has 1 heterocycles. The molecule has 6 nitrogen and oxygen atoms in total. The van der Waals surface area contributed by atoms with Crippen molar-refractivity contribution in [2.45, 2.75) is 38.8 Å². The van der Waals surface area contributed by atoms with Crippen LogP contribution in [-0.2, 0) is 14.2 Å². The number of ether oxygens (including phenoxy) is 3. The minimum Gasteiger partial charge on any atom is -0.509 e. The van der Waals surface area contributed by atoms with Crippen LogP contribution in [0.2, 0.25) is 0 Å². The molecule has 0 spiro atoms. The molecule has 1 aliphatic heterocycles. The molecule has 0 aliphatic carbocycles. The summed E-state index contributed by atoms with van der Waals surface area (Å²) < 4.78 is 15.8. The first-order chi connectivity index (χ1) is 8.61. The maximum absolute atomic E-state index is 9.83. The van der Waals surface area contributed by atoms with Crippen molar-refractivity contribution < 1.29 is 29.5 Å². The van der Waals surface area contributed by atoms with Gasteiger partial charge in [0.1, 0.15) is 18.0 Å². The second-order valence-corrected chi connectivity index (χ2v) is 4.17. The largest absolute Gasteiger partial charge is 0.509 e. The van der Waals surface area contributed by atoms with Crippen LogP contribution in [0, 0.1) is 0 Å². The summed E-state index contributed by atoms with van der Waals surface area (Å²) in [5.41, 5.74) is 0.361. The lowest BCUT2D eigenvalue weighted by atomic mass is 10.0. The summed E-state index contributed by atoms with van der Waals surface area (Å²) in [6, 6.07) is 0. The van der Waals surface area contributed by atoms with Gasteiger partial charge >= 0.3 is 0 Å². The smallest absolute Gasteiger partial charge is 0.188 e. The van der Waals surface area contributed by atoms with E-state index in [0.717, 1.165) is 6.42 Å². The highest BCUT2D eigenvalue weighted by Gasteiger charge is 2.35. The monoisotopic (exact) mass is 262 g/mol. The van der Waals surface area contributed by atoms with Crippen molar-refractivity contribution in [3.8, 4) is 0 Å². The first-order valence-corrected chi connectivity index (χ1v) is 6.15. The zero-order chi connectivity index (χ0) is 13.5. The lowest BCUT2D eigenvalue weighted by molar-refractivity contribution is -0.225. The van der Waals surface area contributed by atoms with Gasteiger partial charge in [0.2, 0.25) is 0 Å². The Balaban J connectivity index is 2.42. The third-order valence-electron chi connectivity index (χ3n) is 2.73. The average molecular weight is 262 g/mol. The third kappa shape index (κ3) is 3.93. The van der Waals surface area contributed by atoms with E-state index in [-0.39, 0.29) is 19.0 Å². The molecule has 18 heavy (non-hydrogen) atoms. The van der Waals surface area contributed by atoms with Gasteiger partial charge in [-0.05, 0) is 13.3 Å². The molecule has 3 N–H and O–H groups in total. The van der Waals surface area contributed by atoms with Crippen molar-refractivity contribution in [2.24, 2.45) is 0 Å². The molecule has 0 aromatic carbocycles. The van der Waals surface area contributed by atoms with Gasteiger partial charge in [-0.1, -0.05) is 6.92 Å². The first kappa shape index (κ1) is 15.4. The van der Waals surface area contributed by atoms with Crippen LogP contribution in [0.25, 0.3) is 0 Å².